The number of fused-ring (bicyclic) bond motifs is 2. The second-order valence-electron chi connectivity index (χ2n) is 8.41. The minimum atomic E-state index is -3.11. The third-order valence-corrected chi connectivity index (χ3v) is 6.15. The topological polar surface area (TPSA) is 6.48 Å². The maximum Gasteiger partial charge on any atom is 0.200 e. The predicted molar refractivity (Wildman–Crippen MR) is 109 cm³/mol. The van der Waals surface area contributed by atoms with Crippen molar-refractivity contribution in [2.45, 2.75) is 0 Å². The van der Waals surface area contributed by atoms with Gasteiger partial charge in [0, 0.05) is 0 Å². The van der Waals surface area contributed by atoms with E-state index in [-0.39, 0.29) is 0 Å². The molecule has 0 saturated carbocycles. The van der Waals surface area contributed by atoms with Gasteiger partial charge in [0.15, 0.2) is 93.1 Å². The van der Waals surface area contributed by atoms with Crippen LogP contribution in [0.3, 0.4) is 0 Å². The number of rotatable bonds is 2. The minimum Gasteiger partial charge on any atom is -0.295 e. The van der Waals surface area contributed by atoms with Crippen LogP contribution in [-0.4, -0.2) is 0 Å². The molecule has 232 valence electrons. The highest BCUT2D eigenvalue weighted by atomic mass is 19.2. The van der Waals surface area contributed by atoms with Crippen molar-refractivity contribution in [3.63, 3.8) is 0 Å². The molecule has 0 spiro atoms. The highest BCUT2D eigenvalue weighted by Crippen LogP contribution is 2.60. The Morgan fingerprint density at radius 3 is 0.432 bits per heavy atom. The lowest BCUT2D eigenvalue weighted by Crippen LogP contribution is -2.32. The third-order valence-electron chi connectivity index (χ3n) is 6.15. The summed E-state index contributed by atoms with van der Waals surface area (Å²) in [4.78, 5) is -2.52. The first-order valence-electron chi connectivity index (χ1n) is 10.7. The SMILES string of the molecule is Fc1c(F)c(F)c(N2c3c(F)c(F)c(F)c(F)c3N(c3c(F)c(F)c(F)c(F)c3F)c3c(F)c(F)c(F)c(F)c32)c(F)c1F. The van der Waals surface area contributed by atoms with Crippen molar-refractivity contribution in [1.82, 2.24) is 0 Å². The summed E-state index contributed by atoms with van der Waals surface area (Å²) in [5.41, 5.74) is -16.1. The summed E-state index contributed by atoms with van der Waals surface area (Å²) in [5, 5.41) is 0. The van der Waals surface area contributed by atoms with Crippen molar-refractivity contribution in [3.8, 4) is 0 Å². The van der Waals surface area contributed by atoms with Gasteiger partial charge in [0.05, 0.1) is 0 Å². The van der Waals surface area contributed by atoms with Crippen molar-refractivity contribution >= 4 is 34.1 Å². The molecule has 0 aromatic heterocycles. The second kappa shape index (κ2) is 9.88. The molecule has 1 heterocycles. The largest absolute Gasteiger partial charge is 0.295 e. The molecule has 5 rings (SSSR count). The Morgan fingerprint density at radius 1 is 0.159 bits per heavy atom. The molecular formula is C24F18N2. The van der Waals surface area contributed by atoms with Crippen LogP contribution >= 0.6 is 0 Å². The van der Waals surface area contributed by atoms with E-state index in [0.29, 0.717) is 0 Å². The number of hydrogen-bond donors (Lipinski definition) is 0. The minimum absolute atomic E-state index is 1.26. The fourth-order valence-electron chi connectivity index (χ4n) is 4.28. The normalized spacial score (nSPS) is 12.7. The first-order valence-corrected chi connectivity index (χ1v) is 10.7. The lowest BCUT2D eigenvalue weighted by Gasteiger charge is -2.41. The molecule has 0 saturated heterocycles. The van der Waals surface area contributed by atoms with Crippen LogP contribution in [0.25, 0.3) is 0 Å². The maximum absolute atomic E-state index is 15.3. The standard InChI is InChI=1S/C24F18N2/c25-1-3(27)11(35)19(12(36)4(1)28)43-21-15(39)7(31)9(33)17(41)23(21)44(20-13(37)5(29)2(26)6(30)14(20)38)24-18(42)10(34)8(32)16(40)22(24)43. The summed E-state index contributed by atoms with van der Waals surface area (Å²) in [6.45, 7) is 0. The Kier molecular flexibility index (Phi) is 6.88. The molecule has 0 N–H and O–H groups in total. The second-order valence-corrected chi connectivity index (χ2v) is 8.41. The van der Waals surface area contributed by atoms with Gasteiger partial charge in [-0.25, -0.2) is 79.0 Å². The van der Waals surface area contributed by atoms with E-state index >= 15 is 17.6 Å². The summed E-state index contributed by atoms with van der Waals surface area (Å²) in [6, 6.07) is 0. The van der Waals surface area contributed by atoms with Crippen molar-refractivity contribution in [3.05, 3.63) is 105 Å². The Balaban J connectivity index is 2.15. The molecule has 0 atom stereocenters. The smallest absolute Gasteiger partial charge is 0.200 e. The van der Waals surface area contributed by atoms with Gasteiger partial charge < -0.3 is 0 Å². The van der Waals surface area contributed by atoms with Gasteiger partial charge in [0.2, 0.25) is 11.6 Å². The Morgan fingerprint density at radius 2 is 0.273 bits per heavy atom. The maximum atomic E-state index is 15.3. The molecule has 0 radical (unpaired) electrons. The van der Waals surface area contributed by atoms with E-state index in [2.05, 4.69) is 0 Å². The highest BCUT2D eigenvalue weighted by Gasteiger charge is 2.48. The molecule has 0 unspecified atom stereocenters. The average Bonchev–Trinajstić information content (AvgIpc) is 3.00. The van der Waals surface area contributed by atoms with Crippen molar-refractivity contribution in [1.29, 1.82) is 0 Å². The average molecular weight is 658 g/mol. The monoisotopic (exact) mass is 658 g/mol. The van der Waals surface area contributed by atoms with Crippen LogP contribution in [0, 0.1) is 105 Å². The van der Waals surface area contributed by atoms with Gasteiger partial charge in [0.25, 0.3) is 0 Å². The zero-order chi connectivity index (χ0) is 33.0. The first kappa shape index (κ1) is 30.7. The van der Waals surface area contributed by atoms with Crippen molar-refractivity contribution in [2.24, 2.45) is 0 Å². The Labute approximate surface area is 228 Å². The number of halogens is 18. The van der Waals surface area contributed by atoms with Gasteiger partial charge in [-0.05, 0) is 0 Å². The number of nitrogens with zero attached hydrogens (tertiary/aromatic N) is 2. The zero-order valence-electron chi connectivity index (χ0n) is 19.7. The first-order chi connectivity index (χ1) is 20.4. The molecule has 0 fully saturated rings. The lowest BCUT2D eigenvalue weighted by molar-refractivity contribution is 0.377. The molecule has 4 aromatic carbocycles. The van der Waals surface area contributed by atoms with Crippen LogP contribution in [0.15, 0.2) is 0 Å². The molecule has 44 heavy (non-hydrogen) atoms. The Bertz CT molecular complexity index is 1700. The molecule has 20 heteroatoms. The number of benzene rings is 4. The van der Waals surface area contributed by atoms with Gasteiger partial charge in [0.1, 0.15) is 34.1 Å². The lowest BCUT2D eigenvalue weighted by atomic mass is 10.0. The predicted octanol–water partition coefficient (Wildman–Crippen LogP) is 9.44. The van der Waals surface area contributed by atoms with E-state index in [1.54, 1.807) is 0 Å². The van der Waals surface area contributed by atoms with Gasteiger partial charge in [-0.3, -0.25) is 9.80 Å². The zero-order valence-corrected chi connectivity index (χ0v) is 19.7. The fraction of sp³-hybridized carbons (Fsp3) is 0. The highest BCUT2D eigenvalue weighted by molar-refractivity contribution is 6.02. The van der Waals surface area contributed by atoms with Crippen LogP contribution in [0.2, 0.25) is 0 Å². The molecule has 0 amide bonds. The van der Waals surface area contributed by atoms with Crippen LogP contribution in [-0.2, 0) is 0 Å². The number of hydrogen-bond acceptors (Lipinski definition) is 2. The van der Waals surface area contributed by atoms with Crippen LogP contribution in [0.5, 0.6) is 0 Å². The summed E-state index contributed by atoms with van der Waals surface area (Å²) in [7, 11) is 0. The third kappa shape index (κ3) is 3.68. The van der Waals surface area contributed by atoms with Crippen molar-refractivity contribution in [2.75, 3.05) is 9.80 Å². The molecular weight excluding hydrogens is 658 g/mol. The summed E-state index contributed by atoms with van der Waals surface area (Å²) >= 11 is 0. The molecule has 2 nitrogen and oxygen atoms in total. The van der Waals surface area contributed by atoms with E-state index in [4.69, 9.17) is 0 Å². The summed E-state index contributed by atoms with van der Waals surface area (Å²) in [5.74, 6) is -55.7. The Hall–Kier alpha value is -4.78. The summed E-state index contributed by atoms with van der Waals surface area (Å²) < 4.78 is 262. The van der Waals surface area contributed by atoms with Crippen LogP contribution in [0.4, 0.5) is 113 Å². The van der Waals surface area contributed by atoms with Crippen LogP contribution in [0.1, 0.15) is 0 Å². The van der Waals surface area contributed by atoms with E-state index in [1.807, 2.05) is 0 Å². The van der Waals surface area contributed by atoms with E-state index < -0.39 is 149 Å². The number of anilines is 6. The van der Waals surface area contributed by atoms with E-state index in [9.17, 15) is 61.5 Å². The van der Waals surface area contributed by atoms with Gasteiger partial charge in [-0.1, -0.05) is 0 Å². The fourth-order valence-corrected chi connectivity index (χ4v) is 4.28. The van der Waals surface area contributed by atoms with Gasteiger partial charge in [-0.15, -0.1) is 0 Å². The summed E-state index contributed by atoms with van der Waals surface area (Å²) in [6.07, 6.45) is 0. The van der Waals surface area contributed by atoms with E-state index in [1.165, 1.54) is 0 Å². The van der Waals surface area contributed by atoms with Crippen LogP contribution < -0.4 is 9.80 Å². The molecule has 4 aromatic rings. The van der Waals surface area contributed by atoms with Gasteiger partial charge >= 0.3 is 0 Å². The van der Waals surface area contributed by atoms with Crippen molar-refractivity contribution < 1.29 is 79.0 Å². The van der Waals surface area contributed by atoms with E-state index in [0.717, 1.165) is 0 Å². The molecule has 0 bridgehead atoms. The van der Waals surface area contributed by atoms with Gasteiger partial charge in [-0.2, -0.15) is 0 Å². The molecule has 1 aliphatic rings. The quantitative estimate of drug-likeness (QED) is 0.106. The molecule has 0 aliphatic carbocycles. The molecule has 1 aliphatic heterocycles.